The van der Waals surface area contributed by atoms with Crippen LogP contribution in [0.1, 0.15) is 32.8 Å². The van der Waals surface area contributed by atoms with Crippen molar-refractivity contribution in [3.63, 3.8) is 0 Å². The van der Waals surface area contributed by atoms with Gasteiger partial charge in [0, 0.05) is 18.5 Å². The first-order valence-electron chi connectivity index (χ1n) is 9.33. The van der Waals surface area contributed by atoms with E-state index in [-0.39, 0.29) is 5.91 Å². The molecule has 25 heavy (non-hydrogen) atoms. The number of carbonyl (C=O) groups excluding carboxylic acids is 1. The third kappa shape index (κ3) is 4.49. The van der Waals surface area contributed by atoms with Gasteiger partial charge in [-0.3, -0.25) is 4.79 Å². The monoisotopic (exact) mass is 338 g/mol. The van der Waals surface area contributed by atoms with Gasteiger partial charge in [0.15, 0.2) is 0 Å². The minimum atomic E-state index is -0.0412. The summed E-state index contributed by atoms with van der Waals surface area (Å²) in [7, 11) is 0. The number of fused-ring (bicyclic) bond motifs is 1. The average Bonchev–Trinajstić information content (AvgIpc) is 2.66. The molecule has 3 nitrogen and oxygen atoms in total. The quantitative estimate of drug-likeness (QED) is 0.621. The van der Waals surface area contributed by atoms with E-state index in [0.29, 0.717) is 6.54 Å². The molecule has 0 aliphatic rings. The minimum absolute atomic E-state index is 0.0412. The lowest BCUT2D eigenvalue weighted by molar-refractivity contribution is -0.114. The molecule has 3 heteroatoms. The van der Waals surface area contributed by atoms with Crippen LogP contribution >= 0.6 is 0 Å². The lowest BCUT2D eigenvalue weighted by Crippen LogP contribution is -2.38. The highest BCUT2D eigenvalue weighted by Gasteiger charge is 2.17. The summed E-state index contributed by atoms with van der Waals surface area (Å²) in [6.07, 6.45) is 3.58. The van der Waals surface area contributed by atoms with Crippen LogP contribution in [-0.2, 0) is 11.2 Å². The predicted octanol–water partition coefficient (Wildman–Crippen LogP) is 4.65. The molecule has 0 atom stereocenters. The molecule has 0 saturated heterocycles. The first-order chi connectivity index (χ1) is 12.2. The van der Waals surface area contributed by atoms with Crippen LogP contribution in [0.2, 0.25) is 0 Å². The molecule has 134 valence electrons. The Kier molecular flexibility index (Phi) is 7.20. The molecule has 1 amide bonds. The Balaban J connectivity index is 2.45. The van der Waals surface area contributed by atoms with Gasteiger partial charge in [-0.1, -0.05) is 64.1 Å². The van der Waals surface area contributed by atoms with Gasteiger partial charge in [0.05, 0.1) is 5.69 Å². The molecule has 0 unspecified atom stereocenters. The number of hydrogen-bond donors (Lipinski definition) is 0. The van der Waals surface area contributed by atoms with Crippen molar-refractivity contribution < 1.29 is 4.79 Å². The molecule has 0 N–H and O–H groups in total. The number of hydrogen-bond acceptors (Lipinski definition) is 2. The van der Waals surface area contributed by atoms with Gasteiger partial charge in [0.2, 0.25) is 5.91 Å². The largest absolute Gasteiger partial charge is 0.307 e. The van der Waals surface area contributed by atoms with E-state index in [1.54, 1.807) is 0 Å². The third-order valence-electron chi connectivity index (χ3n) is 4.78. The van der Waals surface area contributed by atoms with Crippen molar-refractivity contribution in [2.24, 2.45) is 0 Å². The first-order valence-corrected chi connectivity index (χ1v) is 9.33. The summed E-state index contributed by atoms with van der Waals surface area (Å²) in [5.74, 6) is -0.0412. The van der Waals surface area contributed by atoms with Crippen molar-refractivity contribution in [1.82, 2.24) is 4.90 Å². The van der Waals surface area contributed by atoms with Gasteiger partial charge in [-0.05, 0) is 42.6 Å². The summed E-state index contributed by atoms with van der Waals surface area (Å²) in [4.78, 5) is 16.7. The van der Waals surface area contributed by atoms with Crippen LogP contribution < -0.4 is 4.90 Å². The predicted molar refractivity (Wildman–Crippen MR) is 108 cm³/mol. The SMILES string of the molecule is C=CC(=O)N(CCN(CC)CC)c1ccc(CCC)c2ccccc12. The van der Waals surface area contributed by atoms with E-state index in [4.69, 9.17) is 0 Å². The lowest BCUT2D eigenvalue weighted by atomic mass is 9.99. The van der Waals surface area contributed by atoms with Crippen LogP contribution in [0.15, 0.2) is 49.1 Å². The van der Waals surface area contributed by atoms with Gasteiger partial charge in [-0.15, -0.1) is 0 Å². The summed E-state index contributed by atoms with van der Waals surface area (Å²) in [6, 6.07) is 12.7. The molecule has 0 saturated carbocycles. The maximum Gasteiger partial charge on any atom is 0.250 e. The number of aryl methyl sites for hydroxylation is 1. The Labute approximate surface area is 151 Å². The fraction of sp³-hybridized carbons (Fsp3) is 0.409. The molecular formula is C22H30N2O. The molecular weight excluding hydrogens is 308 g/mol. The molecule has 0 heterocycles. The smallest absolute Gasteiger partial charge is 0.250 e. The van der Waals surface area contributed by atoms with Gasteiger partial charge in [-0.2, -0.15) is 0 Å². The fourth-order valence-corrected chi connectivity index (χ4v) is 3.31. The second-order valence-electron chi connectivity index (χ2n) is 6.26. The van der Waals surface area contributed by atoms with E-state index in [1.165, 1.54) is 17.0 Å². The Hall–Kier alpha value is -2.13. The topological polar surface area (TPSA) is 23.6 Å². The maximum absolute atomic E-state index is 12.5. The van der Waals surface area contributed by atoms with Crippen LogP contribution in [0.3, 0.4) is 0 Å². The zero-order valence-electron chi connectivity index (χ0n) is 15.8. The molecule has 2 rings (SSSR count). The van der Waals surface area contributed by atoms with E-state index >= 15 is 0 Å². The number of rotatable bonds is 9. The minimum Gasteiger partial charge on any atom is -0.307 e. The Morgan fingerprint density at radius 2 is 1.68 bits per heavy atom. The normalized spacial score (nSPS) is 11.0. The summed E-state index contributed by atoms with van der Waals surface area (Å²) >= 11 is 0. The molecule has 2 aromatic rings. The molecule has 0 aliphatic carbocycles. The molecule has 0 bridgehead atoms. The maximum atomic E-state index is 12.5. The molecule has 0 fully saturated rings. The van der Waals surface area contributed by atoms with E-state index in [2.05, 4.69) is 62.6 Å². The summed E-state index contributed by atoms with van der Waals surface area (Å²) < 4.78 is 0. The van der Waals surface area contributed by atoms with Crippen molar-refractivity contribution >= 4 is 22.4 Å². The second-order valence-corrected chi connectivity index (χ2v) is 6.26. The molecule has 0 aromatic heterocycles. The van der Waals surface area contributed by atoms with Crippen molar-refractivity contribution in [3.05, 3.63) is 54.6 Å². The van der Waals surface area contributed by atoms with Crippen LogP contribution in [-0.4, -0.2) is 37.0 Å². The highest BCUT2D eigenvalue weighted by atomic mass is 16.2. The second kappa shape index (κ2) is 9.38. The summed E-state index contributed by atoms with van der Waals surface area (Å²) in [6.45, 7) is 13.7. The molecule has 2 aromatic carbocycles. The number of nitrogens with zero attached hydrogens (tertiary/aromatic N) is 2. The van der Waals surface area contributed by atoms with Crippen molar-refractivity contribution in [2.45, 2.75) is 33.6 Å². The Morgan fingerprint density at radius 3 is 2.28 bits per heavy atom. The van der Waals surface area contributed by atoms with Gasteiger partial charge >= 0.3 is 0 Å². The van der Waals surface area contributed by atoms with E-state index in [0.717, 1.165) is 43.5 Å². The lowest BCUT2D eigenvalue weighted by Gasteiger charge is -2.27. The third-order valence-corrected chi connectivity index (χ3v) is 4.78. The van der Waals surface area contributed by atoms with E-state index in [9.17, 15) is 4.79 Å². The van der Waals surface area contributed by atoms with Crippen molar-refractivity contribution in [1.29, 1.82) is 0 Å². The Bertz CT molecular complexity index is 719. The van der Waals surface area contributed by atoms with Gasteiger partial charge < -0.3 is 9.80 Å². The number of carbonyl (C=O) groups is 1. The van der Waals surface area contributed by atoms with Crippen LogP contribution in [0.5, 0.6) is 0 Å². The molecule has 0 aliphatic heterocycles. The zero-order valence-corrected chi connectivity index (χ0v) is 15.8. The summed E-state index contributed by atoms with van der Waals surface area (Å²) in [5.41, 5.74) is 2.32. The number of amides is 1. The van der Waals surface area contributed by atoms with Crippen molar-refractivity contribution in [3.8, 4) is 0 Å². The van der Waals surface area contributed by atoms with Gasteiger partial charge in [0.25, 0.3) is 0 Å². The van der Waals surface area contributed by atoms with Gasteiger partial charge in [0.1, 0.15) is 0 Å². The number of likely N-dealkylation sites (N-methyl/N-ethyl adjacent to an activating group) is 1. The Morgan fingerprint density at radius 1 is 1.00 bits per heavy atom. The standard InChI is InChI=1S/C22H30N2O/c1-5-11-18-14-15-21(20-13-10-9-12-19(18)20)24(22(25)6-2)17-16-23(7-3)8-4/h6,9-10,12-15H,2,5,7-8,11,16-17H2,1,3-4H3. The molecule has 0 radical (unpaired) electrons. The van der Waals surface area contributed by atoms with E-state index < -0.39 is 0 Å². The number of anilines is 1. The zero-order chi connectivity index (χ0) is 18.2. The number of benzene rings is 2. The van der Waals surface area contributed by atoms with Crippen LogP contribution in [0, 0.1) is 0 Å². The average molecular weight is 338 g/mol. The fourth-order valence-electron chi connectivity index (χ4n) is 3.31. The highest BCUT2D eigenvalue weighted by molar-refractivity contribution is 6.08. The highest BCUT2D eigenvalue weighted by Crippen LogP contribution is 2.30. The first kappa shape index (κ1) is 19.2. The van der Waals surface area contributed by atoms with E-state index in [1.807, 2.05) is 11.0 Å². The van der Waals surface area contributed by atoms with Gasteiger partial charge in [-0.25, -0.2) is 0 Å². The van der Waals surface area contributed by atoms with Crippen LogP contribution in [0.4, 0.5) is 5.69 Å². The molecule has 0 spiro atoms. The summed E-state index contributed by atoms with van der Waals surface area (Å²) in [5, 5.41) is 2.38. The van der Waals surface area contributed by atoms with Crippen LogP contribution in [0.25, 0.3) is 10.8 Å². The van der Waals surface area contributed by atoms with Crippen molar-refractivity contribution in [2.75, 3.05) is 31.1 Å².